The standard InChI is InChI=1S/C4H2F3NS/c5-4(6,7)3-1-8-9-2-3/h1,3H. The molecule has 0 amide bonds. The van der Waals surface area contributed by atoms with E-state index in [9.17, 15) is 13.2 Å². The van der Waals surface area contributed by atoms with Crippen LogP contribution in [0.15, 0.2) is 4.40 Å². The van der Waals surface area contributed by atoms with Crippen molar-refractivity contribution in [2.24, 2.45) is 10.3 Å². The zero-order chi connectivity index (χ0) is 6.91. The SMILES string of the molecule is FC(F)(F)C1[C]SN=C1. The Balaban J connectivity index is 2.53. The molecule has 1 atom stereocenters. The number of rotatable bonds is 0. The summed E-state index contributed by atoms with van der Waals surface area (Å²) in [5.41, 5.74) is 0. The van der Waals surface area contributed by atoms with Crippen molar-refractivity contribution in [1.29, 1.82) is 0 Å². The Hall–Kier alpha value is -0.190. The van der Waals surface area contributed by atoms with Gasteiger partial charge in [-0.05, 0) is 11.9 Å². The van der Waals surface area contributed by atoms with Gasteiger partial charge in [-0.2, -0.15) is 13.2 Å². The highest BCUT2D eigenvalue weighted by atomic mass is 32.2. The van der Waals surface area contributed by atoms with Gasteiger partial charge in [-0.25, -0.2) is 4.40 Å². The monoisotopic (exact) mass is 153 g/mol. The molecule has 1 rings (SSSR count). The van der Waals surface area contributed by atoms with Crippen LogP contribution in [0.3, 0.4) is 0 Å². The minimum absolute atomic E-state index is 0.708. The second-order valence-corrected chi connectivity index (χ2v) is 2.11. The largest absolute Gasteiger partial charge is 0.398 e. The van der Waals surface area contributed by atoms with Crippen LogP contribution < -0.4 is 0 Å². The molecule has 0 saturated carbocycles. The van der Waals surface area contributed by atoms with Gasteiger partial charge in [0.1, 0.15) is 5.92 Å². The molecule has 1 unspecified atom stereocenters. The van der Waals surface area contributed by atoms with Crippen molar-refractivity contribution in [3.8, 4) is 0 Å². The van der Waals surface area contributed by atoms with Gasteiger partial charge in [-0.15, -0.1) is 0 Å². The lowest BCUT2D eigenvalue weighted by molar-refractivity contribution is -0.143. The van der Waals surface area contributed by atoms with E-state index in [-0.39, 0.29) is 0 Å². The summed E-state index contributed by atoms with van der Waals surface area (Å²) < 4.78 is 38.1. The molecule has 1 aliphatic heterocycles. The van der Waals surface area contributed by atoms with Crippen LogP contribution in [0.4, 0.5) is 13.2 Å². The Bertz CT molecular complexity index is 130. The molecule has 0 N–H and O–H groups in total. The molecule has 2 radical (unpaired) electrons. The minimum atomic E-state index is -4.20. The van der Waals surface area contributed by atoms with Crippen molar-refractivity contribution in [2.75, 3.05) is 0 Å². The smallest absolute Gasteiger partial charge is 0.228 e. The van der Waals surface area contributed by atoms with Crippen molar-refractivity contribution < 1.29 is 13.2 Å². The van der Waals surface area contributed by atoms with E-state index in [1.165, 1.54) is 0 Å². The number of hydrogen-bond acceptors (Lipinski definition) is 2. The Morgan fingerprint density at radius 1 is 1.56 bits per heavy atom. The van der Waals surface area contributed by atoms with Crippen LogP contribution in [-0.2, 0) is 0 Å². The van der Waals surface area contributed by atoms with Gasteiger partial charge in [-0.1, -0.05) is 0 Å². The Labute approximate surface area is 54.5 Å². The van der Waals surface area contributed by atoms with Crippen LogP contribution in [0.2, 0.25) is 0 Å². The molecule has 0 bridgehead atoms. The fraction of sp³-hybridized carbons (Fsp3) is 0.500. The zero-order valence-corrected chi connectivity index (χ0v) is 4.96. The molecule has 1 heterocycles. The van der Waals surface area contributed by atoms with Gasteiger partial charge < -0.3 is 0 Å². The second kappa shape index (κ2) is 2.21. The Kier molecular flexibility index (Phi) is 1.70. The van der Waals surface area contributed by atoms with Gasteiger partial charge in [0.25, 0.3) is 0 Å². The molecule has 9 heavy (non-hydrogen) atoms. The maximum atomic E-state index is 11.6. The number of alkyl halides is 3. The van der Waals surface area contributed by atoms with Crippen LogP contribution in [0.1, 0.15) is 0 Å². The predicted octanol–water partition coefficient (Wildman–Crippen LogP) is 1.94. The number of halogens is 3. The molecule has 0 fully saturated rings. The highest BCUT2D eigenvalue weighted by Crippen LogP contribution is 2.34. The quantitative estimate of drug-likeness (QED) is 0.484. The fourth-order valence-corrected chi connectivity index (χ4v) is 0.912. The summed E-state index contributed by atoms with van der Waals surface area (Å²) in [4.78, 5) is 0. The molecule has 0 aromatic heterocycles. The van der Waals surface area contributed by atoms with Crippen molar-refractivity contribution in [1.82, 2.24) is 0 Å². The van der Waals surface area contributed by atoms with Crippen LogP contribution in [0.25, 0.3) is 0 Å². The molecule has 0 aromatic rings. The predicted molar refractivity (Wildman–Crippen MR) is 28.9 cm³/mol. The summed E-state index contributed by atoms with van der Waals surface area (Å²) in [5.74, 6) is 0.499. The summed E-state index contributed by atoms with van der Waals surface area (Å²) in [5, 5.41) is 0. The third-order valence-corrected chi connectivity index (χ3v) is 1.38. The third kappa shape index (κ3) is 1.61. The van der Waals surface area contributed by atoms with Gasteiger partial charge in [-0.3, -0.25) is 0 Å². The highest BCUT2D eigenvalue weighted by molar-refractivity contribution is 8.00. The molecule has 0 aromatic carbocycles. The molecule has 0 spiro atoms. The van der Waals surface area contributed by atoms with Crippen LogP contribution in [0, 0.1) is 11.7 Å². The third-order valence-electron chi connectivity index (χ3n) is 0.795. The maximum Gasteiger partial charge on any atom is 0.398 e. The summed E-state index contributed by atoms with van der Waals surface area (Å²) in [6.45, 7) is 0. The molecular formula is C4H2F3NS. The number of nitrogens with zero attached hydrogens (tertiary/aromatic N) is 1. The first-order valence-electron chi connectivity index (χ1n) is 2.12. The fourth-order valence-electron chi connectivity index (χ4n) is 0.360. The first kappa shape index (κ1) is 6.92. The van der Waals surface area contributed by atoms with E-state index in [0.717, 1.165) is 6.21 Å². The zero-order valence-electron chi connectivity index (χ0n) is 4.14. The summed E-state index contributed by atoms with van der Waals surface area (Å²) >= 11 is 0.708. The summed E-state index contributed by atoms with van der Waals surface area (Å²) in [7, 11) is 0. The Morgan fingerprint density at radius 2 is 2.22 bits per heavy atom. The van der Waals surface area contributed by atoms with E-state index in [4.69, 9.17) is 0 Å². The highest BCUT2D eigenvalue weighted by Gasteiger charge is 2.40. The Morgan fingerprint density at radius 3 is 2.44 bits per heavy atom. The first-order valence-corrected chi connectivity index (χ1v) is 2.90. The van der Waals surface area contributed by atoms with E-state index < -0.39 is 12.1 Å². The van der Waals surface area contributed by atoms with E-state index in [2.05, 4.69) is 10.2 Å². The maximum absolute atomic E-state index is 11.6. The van der Waals surface area contributed by atoms with E-state index in [1.54, 1.807) is 0 Å². The van der Waals surface area contributed by atoms with Crippen molar-refractivity contribution in [3.05, 3.63) is 5.75 Å². The van der Waals surface area contributed by atoms with Gasteiger partial charge in [0.2, 0.25) is 0 Å². The lowest BCUT2D eigenvalue weighted by Crippen LogP contribution is -2.21. The van der Waals surface area contributed by atoms with Gasteiger partial charge in [0, 0.05) is 6.21 Å². The van der Waals surface area contributed by atoms with Gasteiger partial charge >= 0.3 is 6.18 Å². The molecule has 0 saturated heterocycles. The lowest BCUT2D eigenvalue weighted by atomic mass is 10.2. The number of hydrogen-bond donors (Lipinski definition) is 0. The molecule has 1 nitrogen and oxygen atoms in total. The molecule has 1 aliphatic rings. The van der Waals surface area contributed by atoms with Crippen molar-refractivity contribution in [3.63, 3.8) is 0 Å². The van der Waals surface area contributed by atoms with Crippen LogP contribution in [0.5, 0.6) is 0 Å². The van der Waals surface area contributed by atoms with Crippen LogP contribution >= 0.6 is 11.9 Å². The van der Waals surface area contributed by atoms with Crippen LogP contribution in [-0.4, -0.2) is 12.4 Å². The minimum Gasteiger partial charge on any atom is -0.228 e. The molecule has 5 heteroatoms. The average molecular weight is 153 g/mol. The van der Waals surface area contributed by atoms with Gasteiger partial charge in [0.05, 0.1) is 5.75 Å². The molecular weight excluding hydrogens is 151 g/mol. The topological polar surface area (TPSA) is 12.4 Å². The molecule has 0 aliphatic carbocycles. The summed E-state index contributed by atoms with van der Waals surface area (Å²) in [6, 6.07) is 0. The summed E-state index contributed by atoms with van der Waals surface area (Å²) in [6.07, 6.45) is -3.36. The second-order valence-electron chi connectivity index (χ2n) is 1.48. The van der Waals surface area contributed by atoms with E-state index in [0.29, 0.717) is 11.9 Å². The van der Waals surface area contributed by atoms with Gasteiger partial charge in [0.15, 0.2) is 0 Å². The average Bonchev–Trinajstić information content (AvgIpc) is 2.08. The lowest BCUT2D eigenvalue weighted by Gasteiger charge is -2.07. The first-order chi connectivity index (χ1) is 4.11. The van der Waals surface area contributed by atoms with Crippen molar-refractivity contribution in [2.45, 2.75) is 6.18 Å². The van der Waals surface area contributed by atoms with E-state index >= 15 is 0 Å². The van der Waals surface area contributed by atoms with Crippen molar-refractivity contribution >= 4 is 18.2 Å². The normalized spacial score (nSPS) is 27.2. The molecule has 50 valence electrons. The van der Waals surface area contributed by atoms with E-state index in [1.807, 2.05) is 0 Å².